The molecule has 1 N–H and O–H groups in total. The lowest BCUT2D eigenvalue weighted by atomic mass is 9.95. The Morgan fingerprint density at radius 3 is 2.24 bits per heavy atom. The number of nitrogens with zero attached hydrogens (tertiary/aromatic N) is 3. The number of carbonyl (C=O) groups is 2. The van der Waals surface area contributed by atoms with Crippen LogP contribution in [0, 0.1) is 11.8 Å². The zero-order valence-corrected chi connectivity index (χ0v) is 21.0. The number of amides is 2. The molecule has 10 heteroatoms. The van der Waals surface area contributed by atoms with Crippen LogP contribution in [0.5, 0.6) is 0 Å². The van der Waals surface area contributed by atoms with Crippen LogP contribution in [0.15, 0.2) is 23.1 Å². The van der Waals surface area contributed by atoms with Crippen molar-refractivity contribution in [2.24, 2.45) is 11.8 Å². The predicted molar refractivity (Wildman–Crippen MR) is 130 cm³/mol. The van der Waals surface area contributed by atoms with Crippen molar-refractivity contribution < 1.29 is 22.7 Å². The molecule has 2 saturated heterocycles. The number of hydrogen-bond acceptors (Lipinski definition) is 6. The van der Waals surface area contributed by atoms with E-state index in [2.05, 4.69) is 10.2 Å². The van der Waals surface area contributed by atoms with E-state index in [-0.39, 0.29) is 28.5 Å². The summed E-state index contributed by atoms with van der Waals surface area (Å²) in [4.78, 5) is 29.7. The zero-order chi connectivity index (χ0) is 24.3. The average Bonchev–Trinajstić information content (AvgIpc) is 3.71. The fourth-order valence-electron chi connectivity index (χ4n) is 4.74. The standard InChI is InChI=1S/C24H36N4O5S/c1-3-26(4-2)22-8-7-20(34(31,32)28-13-15-33-16-14-28)17-21(22)25-23(29)18-9-11-27(12-10-18)24(30)19-5-6-19/h7-8,17-19H,3-6,9-16H2,1-2H3,(H,25,29). The summed E-state index contributed by atoms with van der Waals surface area (Å²) >= 11 is 0. The largest absolute Gasteiger partial charge is 0.379 e. The molecule has 1 saturated carbocycles. The second-order valence-electron chi connectivity index (χ2n) is 9.23. The summed E-state index contributed by atoms with van der Waals surface area (Å²) in [5, 5.41) is 3.03. The number of piperidine rings is 1. The quantitative estimate of drug-likeness (QED) is 0.597. The van der Waals surface area contributed by atoms with Crippen LogP contribution in [-0.2, 0) is 24.3 Å². The van der Waals surface area contributed by atoms with Crippen LogP contribution < -0.4 is 10.2 Å². The molecule has 3 aliphatic rings. The Bertz CT molecular complexity index is 993. The normalized spacial score (nSPS) is 20.2. The van der Waals surface area contributed by atoms with Crippen LogP contribution in [0.25, 0.3) is 0 Å². The van der Waals surface area contributed by atoms with Gasteiger partial charge in [0.2, 0.25) is 21.8 Å². The first kappa shape index (κ1) is 24.9. The van der Waals surface area contributed by atoms with E-state index in [1.165, 1.54) is 4.31 Å². The molecule has 9 nitrogen and oxygen atoms in total. The Morgan fingerprint density at radius 1 is 1.00 bits per heavy atom. The second-order valence-corrected chi connectivity index (χ2v) is 11.2. The molecule has 2 heterocycles. The van der Waals surface area contributed by atoms with E-state index in [9.17, 15) is 18.0 Å². The Hall–Kier alpha value is -2.17. The number of ether oxygens (including phenoxy) is 1. The van der Waals surface area contributed by atoms with E-state index in [1.807, 2.05) is 18.7 Å². The molecule has 4 rings (SSSR count). The summed E-state index contributed by atoms with van der Waals surface area (Å²) in [7, 11) is -3.68. The van der Waals surface area contributed by atoms with Crippen molar-refractivity contribution in [3.8, 4) is 0 Å². The number of rotatable bonds is 8. The summed E-state index contributed by atoms with van der Waals surface area (Å²) < 4.78 is 33.2. The molecule has 2 aliphatic heterocycles. The van der Waals surface area contributed by atoms with Crippen LogP contribution in [0.1, 0.15) is 39.5 Å². The van der Waals surface area contributed by atoms with Crippen molar-refractivity contribution in [1.29, 1.82) is 0 Å². The summed E-state index contributed by atoms with van der Waals surface area (Å²) in [5.74, 6) is 0.0991. The van der Waals surface area contributed by atoms with Gasteiger partial charge in [-0.25, -0.2) is 8.42 Å². The molecule has 0 aromatic heterocycles. The molecule has 2 amide bonds. The van der Waals surface area contributed by atoms with Crippen LogP contribution in [-0.4, -0.2) is 81.9 Å². The Morgan fingerprint density at radius 2 is 1.65 bits per heavy atom. The molecule has 3 fully saturated rings. The molecule has 1 aromatic carbocycles. The maximum absolute atomic E-state index is 13.2. The molecule has 0 radical (unpaired) electrons. The highest BCUT2D eigenvalue weighted by atomic mass is 32.2. The van der Waals surface area contributed by atoms with Crippen molar-refractivity contribution in [1.82, 2.24) is 9.21 Å². The SMILES string of the molecule is CCN(CC)c1ccc(S(=O)(=O)N2CCOCC2)cc1NC(=O)C1CCN(C(=O)C2CC2)CC1. The molecular formula is C24H36N4O5S. The summed E-state index contributed by atoms with van der Waals surface area (Å²) in [6.07, 6.45) is 3.21. The Labute approximate surface area is 202 Å². The van der Waals surface area contributed by atoms with Gasteiger partial charge in [0, 0.05) is 51.1 Å². The third-order valence-electron chi connectivity index (χ3n) is 7.04. The van der Waals surface area contributed by atoms with E-state index in [1.54, 1.807) is 18.2 Å². The molecule has 0 atom stereocenters. The van der Waals surface area contributed by atoms with Gasteiger partial charge >= 0.3 is 0 Å². The Balaban J connectivity index is 1.52. The number of benzene rings is 1. The zero-order valence-electron chi connectivity index (χ0n) is 20.2. The van der Waals surface area contributed by atoms with E-state index in [0.29, 0.717) is 57.9 Å². The number of carbonyl (C=O) groups excluding carboxylic acids is 2. The van der Waals surface area contributed by atoms with Gasteiger partial charge in [0.25, 0.3) is 0 Å². The van der Waals surface area contributed by atoms with E-state index in [4.69, 9.17) is 4.74 Å². The van der Waals surface area contributed by atoms with Crippen molar-refractivity contribution in [3.05, 3.63) is 18.2 Å². The minimum Gasteiger partial charge on any atom is -0.379 e. The molecule has 1 aliphatic carbocycles. The van der Waals surface area contributed by atoms with E-state index in [0.717, 1.165) is 31.6 Å². The van der Waals surface area contributed by atoms with Crippen LogP contribution in [0.4, 0.5) is 11.4 Å². The monoisotopic (exact) mass is 492 g/mol. The first-order chi connectivity index (χ1) is 16.3. The third kappa shape index (κ3) is 5.39. The third-order valence-corrected chi connectivity index (χ3v) is 8.94. The van der Waals surface area contributed by atoms with Gasteiger partial charge in [-0.05, 0) is 57.7 Å². The van der Waals surface area contributed by atoms with Crippen molar-refractivity contribution in [2.75, 3.05) is 62.7 Å². The molecule has 188 valence electrons. The maximum atomic E-state index is 13.2. The number of likely N-dealkylation sites (tertiary alicyclic amines) is 1. The molecule has 0 spiro atoms. The number of hydrogen-bond donors (Lipinski definition) is 1. The lowest BCUT2D eigenvalue weighted by Gasteiger charge is -2.32. The summed E-state index contributed by atoms with van der Waals surface area (Å²) in [5.41, 5.74) is 1.32. The van der Waals surface area contributed by atoms with Gasteiger partial charge in [-0.3, -0.25) is 9.59 Å². The lowest BCUT2D eigenvalue weighted by molar-refractivity contribution is -0.135. The molecule has 0 bridgehead atoms. The fraction of sp³-hybridized carbons (Fsp3) is 0.667. The van der Waals surface area contributed by atoms with E-state index >= 15 is 0 Å². The smallest absolute Gasteiger partial charge is 0.243 e. The maximum Gasteiger partial charge on any atom is 0.243 e. The van der Waals surface area contributed by atoms with Gasteiger partial charge in [-0.1, -0.05) is 0 Å². The molecular weight excluding hydrogens is 456 g/mol. The van der Waals surface area contributed by atoms with Crippen molar-refractivity contribution in [2.45, 2.75) is 44.4 Å². The van der Waals surface area contributed by atoms with Crippen LogP contribution in [0.2, 0.25) is 0 Å². The summed E-state index contributed by atoms with van der Waals surface area (Å²) in [6.45, 7) is 8.11. The second kappa shape index (κ2) is 10.6. The minimum absolute atomic E-state index is 0.118. The highest BCUT2D eigenvalue weighted by molar-refractivity contribution is 7.89. The van der Waals surface area contributed by atoms with Gasteiger partial charge in [-0.15, -0.1) is 0 Å². The van der Waals surface area contributed by atoms with Gasteiger partial charge in [0.1, 0.15) is 0 Å². The van der Waals surface area contributed by atoms with Gasteiger partial charge in [0.15, 0.2) is 0 Å². The average molecular weight is 493 g/mol. The number of morpholine rings is 1. The number of nitrogens with one attached hydrogen (secondary N) is 1. The van der Waals surface area contributed by atoms with Gasteiger partial charge in [-0.2, -0.15) is 4.31 Å². The first-order valence-corrected chi connectivity index (χ1v) is 13.9. The highest BCUT2D eigenvalue weighted by Crippen LogP contribution is 2.34. The van der Waals surface area contributed by atoms with Crippen LogP contribution >= 0.6 is 0 Å². The number of sulfonamides is 1. The molecule has 34 heavy (non-hydrogen) atoms. The van der Waals surface area contributed by atoms with Gasteiger partial charge in [0.05, 0.1) is 29.5 Å². The first-order valence-electron chi connectivity index (χ1n) is 12.4. The summed E-state index contributed by atoms with van der Waals surface area (Å²) in [6, 6.07) is 4.99. The van der Waals surface area contributed by atoms with Crippen molar-refractivity contribution >= 4 is 33.2 Å². The van der Waals surface area contributed by atoms with Crippen molar-refractivity contribution in [3.63, 3.8) is 0 Å². The Kier molecular flexibility index (Phi) is 7.79. The van der Waals surface area contributed by atoms with Crippen LogP contribution in [0.3, 0.4) is 0 Å². The number of anilines is 2. The fourth-order valence-corrected chi connectivity index (χ4v) is 6.17. The predicted octanol–water partition coefficient (Wildman–Crippen LogP) is 2.14. The molecule has 1 aromatic rings. The molecule has 0 unspecified atom stereocenters. The van der Waals surface area contributed by atoms with Gasteiger partial charge < -0.3 is 19.9 Å². The topological polar surface area (TPSA) is 99.3 Å². The minimum atomic E-state index is -3.68. The van der Waals surface area contributed by atoms with E-state index < -0.39 is 10.0 Å². The highest BCUT2D eigenvalue weighted by Gasteiger charge is 2.36. The lowest BCUT2D eigenvalue weighted by Crippen LogP contribution is -2.42.